The molecule has 78 valence electrons. The van der Waals surface area contributed by atoms with Crippen LogP contribution in [0.5, 0.6) is 0 Å². The molecule has 5 nitrogen and oxygen atoms in total. The van der Waals surface area contributed by atoms with Gasteiger partial charge in [0.25, 0.3) is 0 Å². The molecule has 0 aromatic heterocycles. The second-order valence-corrected chi connectivity index (χ2v) is 2.82. The summed E-state index contributed by atoms with van der Waals surface area (Å²) in [4.78, 5) is 24.5. The molecule has 0 spiro atoms. The van der Waals surface area contributed by atoms with Gasteiger partial charge in [-0.05, 0) is 24.6 Å². The lowest BCUT2D eigenvalue weighted by Crippen LogP contribution is -2.11. The van der Waals surface area contributed by atoms with E-state index in [0.717, 1.165) is 5.56 Å². The molecule has 5 heteroatoms. The largest absolute Gasteiger partial charge is 0.453 e. The normalized spacial score (nSPS) is 8.93. The lowest BCUT2D eigenvalue weighted by Gasteiger charge is -2.07. The number of nitrogens with one attached hydrogen (secondary N) is 1. The van der Waals surface area contributed by atoms with E-state index in [1.54, 1.807) is 18.2 Å². The first-order chi connectivity index (χ1) is 7.17. The van der Waals surface area contributed by atoms with Crippen LogP contribution in [0.2, 0.25) is 0 Å². The van der Waals surface area contributed by atoms with Gasteiger partial charge in [0.2, 0.25) is 6.08 Å². The highest BCUT2D eigenvalue weighted by molar-refractivity contribution is 5.86. The van der Waals surface area contributed by atoms with Crippen LogP contribution in [0, 0.1) is 6.92 Å². The zero-order valence-electron chi connectivity index (χ0n) is 8.40. The third-order valence-corrected chi connectivity index (χ3v) is 1.82. The molecule has 0 atom stereocenters. The summed E-state index contributed by atoms with van der Waals surface area (Å²) in [5.41, 5.74) is 1.84. The van der Waals surface area contributed by atoms with Crippen molar-refractivity contribution in [1.29, 1.82) is 0 Å². The summed E-state index contributed by atoms with van der Waals surface area (Å²) in [7, 11) is 1.28. The summed E-state index contributed by atoms with van der Waals surface area (Å²) in [5.74, 6) is 0. The van der Waals surface area contributed by atoms with Crippen LogP contribution >= 0.6 is 0 Å². The van der Waals surface area contributed by atoms with Crippen LogP contribution in [0.15, 0.2) is 23.2 Å². The van der Waals surface area contributed by atoms with Gasteiger partial charge in [0.1, 0.15) is 0 Å². The Bertz CT molecular complexity index is 423. The van der Waals surface area contributed by atoms with Crippen molar-refractivity contribution in [2.75, 3.05) is 12.4 Å². The van der Waals surface area contributed by atoms with Crippen molar-refractivity contribution in [2.45, 2.75) is 6.92 Å². The highest BCUT2D eigenvalue weighted by atomic mass is 16.5. The van der Waals surface area contributed by atoms with Gasteiger partial charge in [-0.15, -0.1) is 0 Å². The molecule has 15 heavy (non-hydrogen) atoms. The standard InChI is InChI=1S/C10H10N2O3/c1-7-3-4-8(11-6-13)5-9(7)12-10(14)15-2/h3-5H,1-2H3,(H,12,14). The molecule has 0 unspecified atom stereocenters. The number of methoxy groups -OCH3 is 1. The van der Waals surface area contributed by atoms with E-state index in [9.17, 15) is 9.59 Å². The SMILES string of the molecule is COC(=O)Nc1cc(N=C=O)ccc1C. The molecule has 1 rings (SSSR count). The third kappa shape index (κ3) is 2.93. The zero-order valence-corrected chi connectivity index (χ0v) is 8.40. The van der Waals surface area contributed by atoms with Crippen LogP contribution < -0.4 is 5.32 Å². The Morgan fingerprint density at radius 3 is 2.87 bits per heavy atom. The molecule has 0 aliphatic carbocycles. The third-order valence-electron chi connectivity index (χ3n) is 1.82. The average Bonchev–Trinajstić information content (AvgIpc) is 2.23. The van der Waals surface area contributed by atoms with Crippen molar-refractivity contribution in [3.05, 3.63) is 23.8 Å². The maximum atomic E-state index is 11.0. The number of benzene rings is 1. The van der Waals surface area contributed by atoms with Gasteiger partial charge in [-0.1, -0.05) is 6.07 Å². The van der Waals surface area contributed by atoms with Gasteiger partial charge in [-0.2, -0.15) is 4.99 Å². The molecule has 0 radical (unpaired) electrons. The molecule has 0 saturated carbocycles. The fourth-order valence-corrected chi connectivity index (χ4v) is 1.03. The van der Waals surface area contributed by atoms with Crippen LogP contribution in [-0.4, -0.2) is 19.3 Å². The number of aryl methyl sites for hydroxylation is 1. The number of aliphatic imine (C=N–C) groups is 1. The summed E-state index contributed by atoms with van der Waals surface area (Å²) in [6, 6.07) is 4.96. The number of amides is 1. The fraction of sp³-hybridized carbons (Fsp3) is 0.200. The molecule has 0 bridgehead atoms. The molecule has 0 heterocycles. The van der Waals surface area contributed by atoms with E-state index >= 15 is 0 Å². The average molecular weight is 206 g/mol. The summed E-state index contributed by atoms with van der Waals surface area (Å²) < 4.78 is 4.45. The summed E-state index contributed by atoms with van der Waals surface area (Å²) >= 11 is 0. The maximum Gasteiger partial charge on any atom is 0.411 e. The van der Waals surface area contributed by atoms with E-state index in [1.165, 1.54) is 13.2 Å². The van der Waals surface area contributed by atoms with Crippen molar-refractivity contribution in [3.63, 3.8) is 0 Å². The summed E-state index contributed by atoms with van der Waals surface area (Å²) in [6.07, 6.45) is 0.865. The Balaban J connectivity index is 2.99. The van der Waals surface area contributed by atoms with E-state index in [1.807, 2.05) is 6.92 Å². The maximum absolute atomic E-state index is 11.0. The second-order valence-electron chi connectivity index (χ2n) is 2.82. The number of carbonyl (C=O) groups excluding carboxylic acids is 2. The predicted octanol–water partition coefficient (Wildman–Crippen LogP) is 2.14. The smallest absolute Gasteiger partial charge is 0.411 e. The predicted molar refractivity (Wildman–Crippen MR) is 55.0 cm³/mol. The number of rotatable bonds is 2. The van der Waals surface area contributed by atoms with Crippen LogP contribution in [0.4, 0.5) is 16.2 Å². The van der Waals surface area contributed by atoms with Crippen molar-refractivity contribution in [1.82, 2.24) is 0 Å². The molecular formula is C10H10N2O3. The minimum absolute atomic E-state index is 0.432. The number of anilines is 1. The molecule has 0 fully saturated rings. The van der Waals surface area contributed by atoms with E-state index in [4.69, 9.17) is 0 Å². The molecule has 1 aromatic rings. The minimum Gasteiger partial charge on any atom is -0.453 e. The first kappa shape index (κ1) is 10.9. The number of hydrogen-bond donors (Lipinski definition) is 1. The quantitative estimate of drug-likeness (QED) is 0.595. The Morgan fingerprint density at radius 1 is 1.53 bits per heavy atom. The van der Waals surface area contributed by atoms with Gasteiger partial charge in [-0.25, -0.2) is 9.59 Å². The van der Waals surface area contributed by atoms with Crippen molar-refractivity contribution < 1.29 is 14.3 Å². The van der Waals surface area contributed by atoms with Gasteiger partial charge in [-0.3, -0.25) is 5.32 Å². The number of carbonyl (C=O) groups is 1. The molecule has 1 amide bonds. The van der Waals surface area contributed by atoms with Crippen LogP contribution in [0.1, 0.15) is 5.56 Å². The van der Waals surface area contributed by atoms with Gasteiger partial charge in [0.15, 0.2) is 0 Å². The molecule has 0 saturated heterocycles. The topological polar surface area (TPSA) is 67.8 Å². The van der Waals surface area contributed by atoms with Crippen LogP contribution in [0.3, 0.4) is 0 Å². The summed E-state index contributed by atoms with van der Waals surface area (Å²) in [5, 5.41) is 2.51. The lowest BCUT2D eigenvalue weighted by atomic mass is 10.2. The summed E-state index contributed by atoms with van der Waals surface area (Å²) in [6.45, 7) is 1.82. The Hall–Kier alpha value is -2.13. The van der Waals surface area contributed by atoms with Gasteiger partial charge in [0.05, 0.1) is 12.8 Å². The first-order valence-corrected chi connectivity index (χ1v) is 4.21. The second kappa shape index (κ2) is 4.93. The van der Waals surface area contributed by atoms with Crippen molar-refractivity contribution in [2.24, 2.45) is 4.99 Å². The monoisotopic (exact) mass is 206 g/mol. The Labute approximate surface area is 86.8 Å². The van der Waals surface area contributed by atoms with Crippen molar-refractivity contribution in [3.8, 4) is 0 Å². The number of nitrogens with zero attached hydrogens (tertiary/aromatic N) is 1. The zero-order chi connectivity index (χ0) is 11.3. The van der Waals surface area contributed by atoms with Gasteiger partial charge < -0.3 is 4.74 Å². The molecular weight excluding hydrogens is 196 g/mol. The highest BCUT2D eigenvalue weighted by Crippen LogP contribution is 2.21. The Kier molecular flexibility index (Phi) is 3.60. The highest BCUT2D eigenvalue weighted by Gasteiger charge is 2.04. The van der Waals surface area contributed by atoms with E-state index in [2.05, 4.69) is 15.0 Å². The van der Waals surface area contributed by atoms with Crippen LogP contribution in [0.25, 0.3) is 0 Å². The number of hydrogen-bond acceptors (Lipinski definition) is 4. The van der Waals surface area contributed by atoms with E-state index < -0.39 is 6.09 Å². The lowest BCUT2D eigenvalue weighted by molar-refractivity contribution is 0.187. The van der Waals surface area contributed by atoms with E-state index in [-0.39, 0.29) is 0 Å². The molecule has 1 N–H and O–H groups in total. The van der Waals surface area contributed by atoms with Crippen molar-refractivity contribution >= 4 is 23.5 Å². The number of isocyanates is 1. The number of ether oxygens (including phenoxy) is 1. The Morgan fingerprint density at radius 2 is 2.27 bits per heavy atom. The first-order valence-electron chi connectivity index (χ1n) is 4.21. The molecule has 0 aliphatic rings. The minimum atomic E-state index is -0.565. The molecule has 1 aromatic carbocycles. The van der Waals surface area contributed by atoms with Gasteiger partial charge in [0, 0.05) is 5.69 Å². The van der Waals surface area contributed by atoms with E-state index in [0.29, 0.717) is 11.4 Å². The fourth-order valence-electron chi connectivity index (χ4n) is 1.03. The molecule has 0 aliphatic heterocycles. The van der Waals surface area contributed by atoms with Crippen LogP contribution in [-0.2, 0) is 9.53 Å². The van der Waals surface area contributed by atoms with Gasteiger partial charge >= 0.3 is 6.09 Å².